The molecule has 1 unspecified atom stereocenters. The van der Waals surface area contributed by atoms with Crippen molar-refractivity contribution >= 4 is 17.7 Å². The van der Waals surface area contributed by atoms with Crippen LogP contribution in [0.2, 0.25) is 0 Å². The van der Waals surface area contributed by atoms with E-state index in [1.54, 1.807) is 13.0 Å². The molecular weight excluding hydrogens is 251 g/mol. The van der Waals surface area contributed by atoms with Gasteiger partial charge in [0.2, 0.25) is 0 Å². The molecule has 6 heteroatoms. The molecule has 1 atom stereocenters. The van der Waals surface area contributed by atoms with Crippen LogP contribution in [0.25, 0.3) is 0 Å². The largest absolute Gasteiger partial charge is 0.478 e. The summed E-state index contributed by atoms with van der Waals surface area (Å²) in [5.41, 5.74) is -0.648. The summed E-state index contributed by atoms with van der Waals surface area (Å²) in [7, 11) is 0. The number of halogens is 1. The summed E-state index contributed by atoms with van der Waals surface area (Å²) in [6.45, 7) is 5.31. The molecule has 3 N–H and O–H groups in total. The van der Waals surface area contributed by atoms with E-state index in [4.69, 9.17) is 5.11 Å². The lowest BCUT2D eigenvalue weighted by molar-refractivity contribution is 0.0693. The number of amides is 2. The smallest absolute Gasteiger partial charge is 0.340 e. The van der Waals surface area contributed by atoms with Gasteiger partial charge in [0.15, 0.2) is 0 Å². The average molecular weight is 266 g/mol. The molecule has 0 aliphatic rings. The lowest BCUT2D eigenvalue weighted by Crippen LogP contribution is -2.36. The zero-order valence-electron chi connectivity index (χ0n) is 10.4. The summed E-state index contributed by atoms with van der Waals surface area (Å²) >= 11 is 0. The average Bonchev–Trinajstić information content (AvgIpc) is 2.28. The number of hydrogen-bond donors (Lipinski definition) is 3. The van der Waals surface area contributed by atoms with Crippen molar-refractivity contribution in [3.8, 4) is 0 Å². The zero-order valence-corrected chi connectivity index (χ0v) is 10.4. The van der Waals surface area contributed by atoms with Gasteiger partial charge >= 0.3 is 12.0 Å². The summed E-state index contributed by atoms with van der Waals surface area (Å²) in [5, 5.41) is 13.8. The Morgan fingerprint density at radius 2 is 2.21 bits per heavy atom. The predicted molar refractivity (Wildman–Crippen MR) is 69.8 cm³/mol. The number of rotatable bonds is 5. The van der Waals surface area contributed by atoms with Gasteiger partial charge in [-0.1, -0.05) is 12.1 Å². The number of urea groups is 1. The maximum Gasteiger partial charge on any atom is 0.340 e. The molecule has 102 valence electrons. The molecule has 2 amide bonds. The van der Waals surface area contributed by atoms with Gasteiger partial charge in [-0.3, -0.25) is 0 Å². The summed E-state index contributed by atoms with van der Waals surface area (Å²) in [4.78, 5) is 22.5. The number of carbonyl (C=O) groups is 2. The SMILES string of the molecule is C=CCC(C)NC(=O)Nc1cccc(F)c1C(=O)O. The molecule has 1 aromatic rings. The second-order valence-corrected chi connectivity index (χ2v) is 3.99. The maximum absolute atomic E-state index is 13.4. The molecule has 19 heavy (non-hydrogen) atoms. The molecule has 1 rings (SSSR count). The van der Waals surface area contributed by atoms with Crippen LogP contribution in [0.4, 0.5) is 14.9 Å². The quantitative estimate of drug-likeness (QED) is 0.717. The number of nitrogens with one attached hydrogen (secondary N) is 2. The van der Waals surface area contributed by atoms with Crippen LogP contribution in [-0.2, 0) is 0 Å². The van der Waals surface area contributed by atoms with Crippen molar-refractivity contribution in [2.75, 3.05) is 5.32 Å². The van der Waals surface area contributed by atoms with Crippen LogP contribution in [-0.4, -0.2) is 23.1 Å². The number of aromatic carboxylic acids is 1. The first-order chi connectivity index (χ1) is 8.95. The highest BCUT2D eigenvalue weighted by atomic mass is 19.1. The zero-order chi connectivity index (χ0) is 14.4. The first kappa shape index (κ1) is 14.7. The van der Waals surface area contributed by atoms with E-state index >= 15 is 0 Å². The summed E-state index contributed by atoms with van der Waals surface area (Å²) in [5.74, 6) is -2.34. The molecule has 0 aliphatic heterocycles. The Balaban J connectivity index is 2.82. The first-order valence-corrected chi connectivity index (χ1v) is 5.66. The number of carboxylic acid groups (broad SMARTS) is 1. The number of hydrogen-bond acceptors (Lipinski definition) is 2. The van der Waals surface area contributed by atoms with Crippen molar-refractivity contribution in [3.05, 3.63) is 42.2 Å². The fraction of sp³-hybridized carbons (Fsp3) is 0.231. The highest BCUT2D eigenvalue weighted by Gasteiger charge is 2.17. The highest BCUT2D eigenvalue weighted by Crippen LogP contribution is 2.18. The van der Waals surface area contributed by atoms with Crippen molar-refractivity contribution in [3.63, 3.8) is 0 Å². The van der Waals surface area contributed by atoms with Crippen molar-refractivity contribution in [1.29, 1.82) is 0 Å². The summed E-state index contributed by atoms with van der Waals surface area (Å²) < 4.78 is 13.4. The minimum Gasteiger partial charge on any atom is -0.478 e. The normalized spacial score (nSPS) is 11.5. The van der Waals surface area contributed by atoms with Crippen LogP contribution in [0.1, 0.15) is 23.7 Å². The van der Waals surface area contributed by atoms with Gasteiger partial charge in [-0.2, -0.15) is 0 Å². The Hall–Kier alpha value is -2.37. The lowest BCUT2D eigenvalue weighted by atomic mass is 10.1. The van der Waals surface area contributed by atoms with Crippen molar-refractivity contribution < 1.29 is 19.1 Å². The summed E-state index contributed by atoms with van der Waals surface area (Å²) in [6, 6.07) is 2.92. The number of carbonyl (C=O) groups excluding carboxylic acids is 1. The number of carboxylic acids is 1. The molecule has 0 radical (unpaired) electrons. The molecule has 0 saturated carbocycles. The molecule has 0 heterocycles. The van der Waals surface area contributed by atoms with E-state index in [9.17, 15) is 14.0 Å². The van der Waals surface area contributed by atoms with Crippen LogP contribution in [0.3, 0.4) is 0 Å². The van der Waals surface area contributed by atoms with E-state index in [1.807, 2.05) is 0 Å². The number of anilines is 1. The van der Waals surface area contributed by atoms with Gasteiger partial charge in [-0.25, -0.2) is 14.0 Å². The van der Waals surface area contributed by atoms with E-state index in [-0.39, 0.29) is 11.7 Å². The van der Waals surface area contributed by atoms with Gasteiger partial charge in [-0.05, 0) is 25.5 Å². The fourth-order valence-electron chi connectivity index (χ4n) is 1.54. The molecular formula is C13H15FN2O3. The molecule has 0 bridgehead atoms. The van der Waals surface area contributed by atoms with Crippen molar-refractivity contribution in [2.45, 2.75) is 19.4 Å². The lowest BCUT2D eigenvalue weighted by Gasteiger charge is -2.14. The van der Waals surface area contributed by atoms with Gasteiger partial charge in [0, 0.05) is 6.04 Å². The molecule has 0 fully saturated rings. The third kappa shape index (κ3) is 4.09. The Bertz CT molecular complexity index is 503. The third-order valence-electron chi connectivity index (χ3n) is 2.37. The topological polar surface area (TPSA) is 78.4 Å². The van der Waals surface area contributed by atoms with Crippen molar-refractivity contribution in [2.24, 2.45) is 0 Å². The summed E-state index contributed by atoms with van der Waals surface area (Å²) in [6.07, 6.45) is 2.22. The minimum absolute atomic E-state index is 0.0872. The van der Waals surface area contributed by atoms with E-state index < -0.39 is 23.4 Å². The van der Waals surface area contributed by atoms with E-state index in [0.29, 0.717) is 6.42 Å². The maximum atomic E-state index is 13.4. The van der Waals surface area contributed by atoms with Crippen LogP contribution in [0, 0.1) is 5.82 Å². The van der Waals surface area contributed by atoms with Crippen LogP contribution >= 0.6 is 0 Å². The molecule has 0 spiro atoms. The minimum atomic E-state index is -1.44. The Morgan fingerprint density at radius 1 is 1.53 bits per heavy atom. The molecule has 0 saturated heterocycles. The van der Waals surface area contributed by atoms with E-state index in [1.165, 1.54) is 12.1 Å². The number of benzene rings is 1. The van der Waals surface area contributed by atoms with Gasteiger partial charge in [0.05, 0.1) is 5.69 Å². The van der Waals surface area contributed by atoms with Crippen molar-refractivity contribution in [1.82, 2.24) is 5.32 Å². The Labute approximate surface area is 110 Å². The van der Waals surface area contributed by atoms with Gasteiger partial charge in [-0.15, -0.1) is 6.58 Å². The predicted octanol–water partition coefficient (Wildman–Crippen LogP) is 2.61. The van der Waals surface area contributed by atoms with Crippen LogP contribution in [0.5, 0.6) is 0 Å². The second kappa shape index (κ2) is 6.53. The van der Waals surface area contributed by atoms with E-state index in [2.05, 4.69) is 17.2 Å². The standard InChI is InChI=1S/C13H15FN2O3/c1-3-5-8(2)15-13(19)16-10-7-4-6-9(14)11(10)12(17)18/h3-4,6-8H,1,5H2,2H3,(H,17,18)(H2,15,16,19). The Morgan fingerprint density at radius 3 is 2.79 bits per heavy atom. The van der Waals surface area contributed by atoms with Gasteiger partial charge in [0.25, 0.3) is 0 Å². The van der Waals surface area contributed by atoms with Gasteiger partial charge in [0.1, 0.15) is 11.4 Å². The van der Waals surface area contributed by atoms with Gasteiger partial charge < -0.3 is 15.7 Å². The van der Waals surface area contributed by atoms with Crippen LogP contribution < -0.4 is 10.6 Å². The highest BCUT2D eigenvalue weighted by molar-refractivity contribution is 6.00. The molecule has 5 nitrogen and oxygen atoms in total. The van der Waals surface area contributed by atoms with E-state index in [0.717, 1.165) is 6.07 Å². The molecule has 0 aromatic heterocycles. The molecule has 0 aliphatic carbocycles. The monoisotopic (exact) mass is 266 g/mol. The fourth-order valence-corrected chi connectivity index (χ4v) is 1.54. The second-order valence-electron chi connectivity index (χ2n) is 3.99. The molecule has 1 aromatic carbocycles. The van der Waals surface area contributed by atoms with Crippen LogP contribution in [0.15, 0.2) is 30.9 Å². The first-order valence-electron chi connectivity index (χ1n) is 5.66. The third-order valence-corrected chi connectivity index (χ3v) is 2.37. The Kier molecular flexibility index (Phi) is 5.05.